The van der Waals surface area contributed by atoms with Crippen molar-refractivity contribution in [2.75, 3.05) is 120 Å². The van der Waals surface area contributed by atoms with Crippen LogP contribution in [0.3, 0.4) is 0 Å². The standard InChI is InChI=1S/C34H40N4O4.C29H32N4O2.C18H29N3O3.C16H13NO2/c1-23-30-20-25(12-13-28(30)21-35-23)24-8-6-10-27(18-24)32(39)36-31(26-9-7-11-29(19-26)41-5)22-37-14-16-38(17-15-37)33(40)42-34(2,3)4;1-20-27-17-22(9-10-25(27)18-31-20)21-5-3-7-24(15-21)29(34)32-28(19-33-13-11-30-12-14-33)23-6-4-8-26(16-23)35-2;1-18(2,3)24-17(22)21-10-8-20(9-11-21)13-16(19)14-6-5-7-15(12-14)23-4;1-10-15-8-12(5-6-14(15)9-17-10)11-3-2-4-13(7-11)16(18)19/h6-13,18-20,31H,14-17,21-22H2,1-5H3,(H,36,39);3-10,15-17,28,30H,11-14,18-19H2,1-2H3,(H,32,34);5-7,12,16H,8-11,13,19H2,1-4H3;2-8H,9H2,1H3,(H,18,19). The Morgan fingerprint density at radius 3 is 1.10 bits per heavy atom. The molecule has 4 amide bonds. The lowest BCUT2D eigenvalue weighted by Crippen LogP contribution is -2.51. The van der Waals surface area contributed by atoms with Crippen LogP contribution in [-0.4, -0.2) is 207 Å². The fourth-order valence-corrected chi connectivity index (χ4v) is 15.3. The minimum atomic E-state index is -0.902. The molecule has 15 rings (SSSR count). The van der Waals surface area contributed by atoms with Crippen molar-refractivity contribution < 1.29 is 52.8 Å². The summed E-state index contributed by atoms with van der Waals surface area (Å²) in [7, 11) is 4.96. The second kappa shape index (κ2) is 40.3. The van der Waals surface area contributed by atoms with Crippen molar-refractivity contribution in [3.8, 4) is 50.6 Å². The molecule has 23 heteroatoms. The molecule has 120 heavy (non-hydrogen) atoms. The number of hydrogen-bond acceptors (Lipinski definition) is 18. The number of aliphatic imine (C=N–C) groups is 3. The van der Waals surface area contributed by atoms with E-state index >= 15 is 0 Å². The van der Waals surface area contributed by atoms with Gasteiger partial charge in [-0.2, -0.15) is 0 Å². The molecule has 0 aromatic heterocycles. The molecule has 0 spiro atoms. The maximum absolute atomic E-state index is 13.7. The smallest absolute Gasteiger partial charge is 0.410 e. The number of carbonyl (C=O) groups excluding carboxylic acids is 4. The van der Waals surface area contributed by atoms with E-state index in [0.717, 1.165) is 156 Å². The molecule has 6 N–H and O–H groups in total. The van der Waals surface area contributed by atoms with Crippen molar-refractivity contribution in [1.29, 1.82) is 0 Å². The first kappa shape index (κ1) is 87.5. The van der Waals surface area contributed by atoms with Crippen molar-refractivity contribution >= 4 is 47.1 Å². The summed E-state index contributed by atoms with van der Waals surface area (Å²) in [6.07, 6.45) is -0.523. The van der Waals surface area contributed by atoms with Crippen LogP contribution in [0.4, 0.5) is 9.59 Å². The van der Waals surface area contributed by atoms with Crippen LogP contribution in [0.15, 0.2) is 215 Å². The first-order chi connectivity index (χ1) is 57.6. The summed E-state index contributed by atoms with van der Waals surface area (Å²) in [6, 6.07) is 64.8. The number of carbonyl (C=O) groups is 5. The summed E-state index contributed by atoms with van der Waals surface area (Å²) >= 11 is 0. The molecule has 0 bridgehead atoms. The van der Waals surface area contributed by atoms with Crippen molar-refractivity contribution in [3.63, 3.8) is 0 Å². The highest BCUT2D eigenvalue weighted by Crippen LogP contribution is 2.33. The van der Waals surface area contributed by atoms with E-state index in [2.05, 4.69) is 113 Å². The van der Waals surface area contributed by atoms with Gasteiger partial charge in [0, 0.05) is 149 Å². The highest BCUT2D eigenvalue weighted by atomic mass is 16.6. The van der Waals surface area contributed by atoms with Gasteiger partial charge >= 0.3 is 18.2 Å². The number of ether oxygens (including phenoxy) is 5. The Labute approximate surface area is 705 Å². The van der Waals surface area contributed by atoms with Crippen molar-refractivity contribution in [2.45, 2.75) is 111 Å². The Kier molecular flexibility index (Phi) is 29.3. The number of piperazine rings is 3. The first-order valence-electron chi connectivity index (χ1n) is 41.2. The summed E-state index contributed by atoms with van der Waals surface area (Å²) in [5.74, 6) is 1.22. The zero-order valence-corrected chi connectivity index (χ0v) is 71.2. The average molecular weight is 1620 g/mol. The monoisotopic (exact) mass is 1620 g/mol. The molecule has 3 atom stereocenters. The van der Waals surface area contributed by atoms with Gasteiger partial charge in [0.25, 0.3) is 11.8 Å². The molecule has 3 fully saturated rings. The van der Waals surface area contributed by atoms with Gasteiger partial charge < -0.3 is 60.3 Å². The van der Waals surface area contributed by atoms with Crippen molar-refractivity contribution in [1.82, 2.24) is 40.4 Å². The highest BCUT2D eigenvalue weighted by molar-refractivity contribution is 6.05. The van der Waals surface area contributed by atoms with Gasteiger partial charge in [-0.25, -0.2) is 14.4 Å². The summed E-state index contributed by atoms with van der Waals surface area (Å²) in [5.41, 5.74) is 26.5. The van der Waals surface area contributed by atoms with E-state index in [4.69, 9.17) is 34.5 Å². The van der Waals surface area contributed by atoms with E-state index in [1.165, 1.54) is 33.4 Å². The number of methoxy groups -OCH3 is 3. The van der Waals surface area contributed by atoms with Gasteiger partial charge in [-0.1, -0.05) is 109 Å². The fraction of sp³-hybridized carbons (Fsp3) is 0.361. The maximum atomic E-state index is 13.7. The number of rotatable bonds is 20. The van der Waals surface area contributed by atoms with Crippen molar-refractivity contribution in [2.24, 2.45) is 20.7 Å². The number of benzene rings is 9. The quantitative estimate of drug-likeness (QED) is 0.0475. The largest absolute Gasteiger partial charge is 0.497 e. The fourth-order valence-electron chi connectivity index (χ4n) is 15.3. The third-order valence-electron chi connectivity index (χ3n) is 22.0. The van der Waals surface area contributed by atoms with Gasteiger partial charge in [0.2, 0.25) is 0 Å². The zero-order valence-electron chi connectivity index (χ0n) is 71.2. The summed E-state index contributed by atoms with van der Waals surface area (Å²) in [6.45, 7) is 31.0. The highest BCUT2D eigenvalue weighted by Gasteiger charge is 2.31. The number of nitrogens with one attached hydrogen (secondary N) is 3. The number of hydrogen-bond donors (Lipinski definition) is 5. The van der Waals surface area contributed by atoms with E-state index in [-0.39, 0.29) is 42.1 Å². The lowest BCUT2D eigenvalue weighted by Gasteiger charge is -2.37. The molecule has 9 aromatic carbocycles. The molecule has 0 aliphatic carbocycles. The molecule has 9 aromatic rings. The molecule has 6 aliphatic heterocycles. The van der Waals surface area contributed by atoms with E-state index in [1.54, 1.807) is 49.3 Å². The molecule has 6 aliphatic rings. The number of carboxylic acid groups (broad SMARTS) is 1. The summed E-state index contributed by atoms with van der Waals surface area (Å²) in [5, 5.41) is 19.0. The second-order valence-corrected chi connectivity index (χ2v) is 32.9. The predicted octanol–water partition coefficient (Wildman–Crippen LogP) is 15.4. The van der Waals surface area contributed by atoms with E-state index < -0.39 is 17.2 Å². The average Bonchev–Trinajstić information content (AvgIpc) is 1.62. The lowest BCUT2D eigenvalue weighted by molar-refractivity contribution is 0.0130. The predicted molar refractivity (Wildman–Crippen MR) is 474 cm³/mol. The number of aromatic carboxylic acids is 1. The topological polar surface area (TPSA) is 267 Å². The first-order valence-corrected chi connectivity index (χ1v) is 41.2. The van der Waals surface area contributed by atoms with Crippen LogP contribution in [0.25, 0.3) is 33.4 Å². The Morgan fingerprint density at radius 1 is 0.408 bits per heavy atom. The van der Waals surface area contributed by atoms with Gasteiger partial charge in [0.1, 0.15) is 28.5 Å². The minimum Gasteiger partial charge on any atom is -0.497 e. The van der Waals surface area contributed by atoms with Crippen LogP contribution >= 0.6 is 0 Å². The minimum absolute atomic E-state index is 0.0753. The SMILES string of the molecule is CC1=NCc2ccc(-c3cccc(C(=O)O)c3)cc21.COc1cccc(C(CN2CCN(C(=O)OC(C)(C)C)CC2)NC(=O)c2cccc(-c3ccc4c(c3)C(C)=NC4)c2)c1.COc1cccc(C(CN2CCNCC2)NC(=O)c2cccc(-c3ccc4c(c3)C(C)=NC4)c2)c1.COc1cccc(C(N)CN2CCN(C(=O)OC(C)(C)C)CC2)c1. The molecule has 628 valence electrons. The molecule has 0 saturated carbocycles. The maximum Gasteiger partial charge on any atom is 0.410 e. The second-order valence-electron chi connectivity index (χ2n) is 32.9. The third-order valence-corrected chi connectivity index (χ3v) is 22.0. The van der Waals surface area contributed by atoms with Gasteiger partial charge in [-0.05, 0) is 220 Å². The molecular formula is C97H114N12O11. The van der Waals surface area contributed by atoms with E-state index in [9.17, 15) is 24.0 Å². The Bertz CT molecular complexity index is 5220. The van der Waals surface area contributed by atoms with Crippen molar-refractivity contribution in [3.05, 3.63) is 267 Å². The zero-order chi connectivity index (χ0) is 85.2. The third kappa shape index (κ3) is 23.8. The van der Waals surface area contributed by atoms with Gasteiger partial charge in [-0.15, -0.1) is 0 Å². The molecular weight excluding hydrogens is 1510 g/mol. The van der Waals surface area contributed by atoms with E-state index in [0.29, 0.717) is 62.5 Å². The van der Waals surface area contributed by atoms with Crippen LogP contribution in [0.1, 0.15) is 162 Å². The summed E-state index contributed by atoms with van der Waals surface area (Å²) in [4.78, 5) is 86.7. The normalized spacial score (nSPS) is 15.9. The Morgan fingerprint density at radius 2 is 0.733 bits per heavy atom. The van der Waals surface area contributed by atoms with E-state index in [1.807, 2.05) is 177 Å². The van der Waals surface area contributed by atoms with Crippen LogP contribution in [0, 0.1) is 0 Å². The Hall–Kier alpha value is -11.9. The van der Waals surface area contributed by atoms with Crippen LogP contribution < -0.4 is 35.9 Å². The molecule has 3 unspecified atom stereocenters. The Balaban J connectivity index is 0.000000153. The molecule has 0 radical (unpaired) electrons. The lowest BCUT2D eigenvalue weighted by atomic mass is 9.97. The molecule has 23 nitrogen and oxygen atoms in total. The van der Waals surface area contributed by atoms with Gasteiger partial charge in [0.05, 0.1) is 58.6 Å². The number of fused-ring (bicyclic) bond motifs is 3. The number of nitrogens with two attached hydrogens (primary N) is 1. The van der Waals surface area contributed by atoms with Crippen LogP contribution in [0.2, 0.25) is 0 Å². The summed E-state index contributed by atoms with van der Waals surface area (Å²) < 4.78 is 27.1. The van der Waals surface area contributed by atoms with Crippen LogP contribution in [0.5, 0.6) is 17.2 Å². The molecule has 3 saturated heterocycles. The van der Waals surface area contributed by atoms with Gasteiger partial charge in [0.15, 0.2) is 0 Å². The van der Waals surface area contributed by atoms with Crippen LogP contribution in [-0.2, 0) is 29.1 Å². The number of amides is 4. The molecule has 6 heterocycles. The number of nitrogens with zero attached hydrogens (tertiary/aromatic N) is 8. The number of carboxylic acids is 1. The van der Waals surface area contributed by atoms with Gasteiger partial charge in [-0.3, -0.25) is 39.3 Å².